The van der Waals surface area contributed by atoms with Gasteiger partial charge in [0, 0.05) is 25.5 Å². The number of fused-ring (bicyclic) bond motifs is 1. The van der Waals surface area contributed by atoms with E-state index < -0.39 is 35.2 Å². The topological polar surface area (TPSA) is 91.3 Å². The molecule has 196 valence electrons. The van der Waals surface area contributed by atoms with E-state index in [0.29, 0.717) is 11.8 Å². The summed E-state index contributed by atoms with van der Waals surface area (Å²) in [4.78, 5) is 15.7. The molecule has 3 N–H and O–H groups in total. The predicted molar refractivity (Wildman–Crippen MR) is 135 cm³/mol. The van der Waals surface area contributed by atoms with Crippen LogP contribution in [-0.4, -0.2) is 94.8 Å². The third-order valence-corrected chi connectivity index (χ3v) is 9.78. The Morgan fingerprint density at radius 3 is 2.53 bits per heavy atom. The number of nitrogens with one attached hydrogen (secondary N) is 1. The molecule has 3 saturated heterocycles. The Morgan fingerprint density at radius 2 is 1.85 bits per heavy atom. The average Bonchev–Trinajstić information content (AvgIpc) is 2.99. The standard InChI is InChI=1S/C25H43ClN2O5S/c1-14(26)20(19-12-18(29)22(30)25(33-19)34-3)27-24(31)21-23-17(13-28(21)2)11-16(9-10-32-23)15-7-5-4-6-8-15/h14-23,25,29-30H,4-13H2,1-3H3,(H,27,31)/t14-,16-,17-,18+,19-,20+,21-,22+,23+,25?/m0/s1. The van der Waals surface area contributed by atoms with Crippen molar-refractivity contribution in [2.45, 2.75) is 106 Å². The second-order valence-electron chi connectivity index (χ2n) is 10.9. The van der Waals surface area contributed by atoms with Crippen LogP contribution in [0.5, 0.6) is 0 Å². The van der Waals surface area contributed by atoms with Crippen LogP contribution < -0.4 is 5.32 Å². The van der Waals surface area contributed by atoms with Crippen molar-refractivity contribution in [3.05, 3.63) is 0 Å². The Labute approximate surface area is 213 Å². The van der Waals surface area contributed by atoms with E-state index in [4.69, 9.17) is 21.1 Å². The lowest BCUT2D eigenvalue weighted by Gasteiger charge is -2.41. The molecule has 0 aromatic carbocycles. The summed E-state index contributed by atoms with van der Waals surface area (Å²) >= 11 is 7.87. The molecule has 9 heteroatoms. The van der Waals surface area contributed by atoms with E-state index in [0.717, 1.165) is 31.9 Å². The fraction of sp³-hybridized carbons (Fsp3) is 0.960. The van der Waals surface area contributed by atoms with Crippen LogP contribution in [0.15, 0.2) is 0 Å². The lowest BCUT2D eigenvalue weighted by molar-refractivity contribution is -0.149. The number of halogens is 1. The van der Waals surface area contributed by atoms with Gasteiger partial charge in [0.1, 0.15) is 17.6 Å². The average molecular weight is 519 g/mol. The van der Waals surface area contributed by atoms with Gasteiger partial charge in [0.25, 0.3) is 0 Å². The molecule has 0 aromatic heterocycles. The first-order chi connectivity index (χ1) is 16.3. The Kier molecular flexibility index (Phi) is 9.49. The number of hydrogen-bond acceptors (Lipinski definition) is 7. The zero-order chi connectivity index (χ0) is 24.4. The van der Waals surface area contributed by atoms with Crippen molar-refractivity contribution in [2.24, 2.45) is 17.8 Å². The van der Waals surface area contributed by atoms with Crippen LogP contribution in [0.2, 0.25) is 0 Å². The number of hydrogen-bond donors (Lipinski definition) is 3. The number of likely N-dealkylation sites (tertiary alicyclic amines) is 1. The van der Waals surface area contributed by atoms with Crippen molar-refractivity contribution in [1.29, 1.82) is 0 Å². The number of carbonyl (C=O) groups excluding carboxylic acids is 1. The van der Waals surface area contributed by atoms with E-state index in [1.807, 2.05) is 20.2 Å². The third-order valence-electron chi connectivity index (χ3n) is 8.66. The van der Waals surface area contributed by atoms with Gasteiger partial charge in [0.15, 0.2) is 0 Å². The normalized spacial score (nSPS) is 41.9. The number of likely N-dealkylation sites (N-methyl/N-ethyl adjacent to an activating group) is 1. The summed E-state index contributed by atoms with van der Waals surface area (Å²) in [6, 6.07) is -0.831. The number of nitrogens with zero attached hydrogens (tertiary/aromatic N) is 1. The zero-order valence-electron chi connectivity index (χ0n) is 20.8. The van der Waals surface area contributed by atoms with Crippen molar-refractivity contribution in [3.8, 4) is 0 Å². The first kappa shape index (κ1) is 27.0. The highest BCUT2D eigenvalue weighted by molar-refractivity contribution is 7.99. The lowest BCUT2D eigenvalue weighted by Crippen LogP contribution is -2.59. The molecule has 1 aliphatic carbocycles. The lowest BCUT2D eigenvalue weighted by atomic mass is 9.75. The van der Waals surface area contributed by atoms with Crippen LogP contribution in [0.3, 0.4) is 0 Å². The minimum absolute atomic E-state index is 0.0893. The number of rotatable bonds is 6. The maximum Gasteiger partial charge on any atom is 0.240 e. The summed E-state index contributed by atoms with van der Waals surface area (Å²) in [6.07, 6.45) is 8.62. The van der Waals surface area contributed by atoms with E-state index in [2.05, 4.69) is 10.2 Å². The number of carbonyl (C=O) groups is 1. The van der Waals surface area contributed by atoms with Crippen LogP contribution in [0.1, 0.15) is 58.3 Å². The third kappa shape index (κ3) is 5.90. The molecule has 1 saturated carbocycles. The van der Waals surface area contributed by atoms with E-state index in [9.17, 15) is 15.0 Å². The molecule has 3 aliphatic heterocycles. The number of amides is 1. The monoisotopic (exact) mass is 518 g/mol. The smallest absolute Gasteiger partial charge is 0.240 e. The first-order valence-electron chi connectivity index (χ1n) is 13.1. The molecule has 34 heavy (non-hydrogen) atoms. The van der Waals surface area contributed by atoms with Gasteiger partial charge in [-0.05, 0) is 44.9 Å². The van der Waals surface area contributed by atoms with Gasteiger partial charge in [-0.15, -0.1) is 23.4 Å². The Morgan fingerprint density at radius 1 is 1.12 bits per heavy atom. The fourth-order valence-corrected chi connectivity index (χ4v) is 7.76. The minimum atomic E-state index is -0.952. The second kappa shape index (κ2) is 12.0. The largest absolute Gasteiger partial charge is 0.390 e. The highest BCUT2D eigenvalue weighted by Gasteiger charge is 2.49. The molecule has 3 heterocycles. The number of thioether (sulfide) groups is 1. The SMILES string of the molecule is CSC1O[C@H]([C@H](NC(=O)[C@@H]2[C@@H]3OCC[C@H](C4CCCCC4)C[C@H]3CN2C)[C@H](C)Cl)C[C@@H](O)[C@H]1O. The van der Waals surface area contributed by atoms with Crippen molar-refractivity contribution in [2.75, 3.05) is 26.5 Å². The highest BCUT2D eigenvalue weighted by atomic mass is 35.5. The number of aliphatic hydroxyl groups excluding tert-OH is 2. The van der Waals surface area contributed by atoms with Crippen molar-refractivity contribution < 1.29 is 24.5 Å². The van der Waals surface area contributed by atoms with Crippen LogP contribution in [0, 0.1) is 17.8 Å². The summed E-state index contributed by atoms with van der Waals surface area (Å²) in [5.41, 5.74) is -0.552. The summed E-state index contributed by atoms with van der Waals surface area (Å²) in [7, 11) is 2.01. The zero-order valence-corrected chi connectivity index (χ0v) is 22.3. The molecule has 4 fully saturated rings. The van der Waals surface area contributed by atoms with Crippen molar-refractivity contribution in [3.63, 3.8) is 0 Å². The second-order valence-corrected chi connectivity index (χ2v) is 12.6. The summed E-state index contributed by atoms with van der Waals surface area (Å²) in [5.74, 6) is 1.79. The molecule has 1 amide bonds. The number of alkyl halides is 1. The van der Waals surface area contributed by atoms with Gasteiger partial charge >= 0.3 is 0 Å². The number of aliphatic hydroxyl groups is 2. The molecule has 4 rings (SSSR count). The fourth-order valence-electron chi connectivity index (χ4n) is 6.82. The van der Waals surface area contributed by atoms with Crippen molar-refractivity contribution in [1.82, 2.24) is 10.2 Å². The van der Waals surface area contributed by atoms with Crippen molar-refractivity contribution >= 4 is 29.3 Å². The predicted octanol–water partition coefficient (Wildman–Crippen LogP) is 2.60. The molecule has 1 unspecified atom stereocenters. The Balaban J connectivity index is 1.42. The Bertz CT molecular complexity index is 682. The molecule has 7 nitrogen and oxygen atoms in total. The quantitative estimate of drug-likeness (QED) is 0.465. The molecular formula is C25H43ClN2O5S. The minimum Gasteiger partial charge on any atom is -0.390 e. The maximum absolute atomic E-state index is 13.6. The molecule has 4 aliphatic rings. The van der Waals surface area contributed by atoms with E-state index in [-0.39, 0.29) is 24.5 Å². The van der Waals surface area contributed by atoms with Gasteiger partial charge in [-0.25, -0.2) is 0 Å². The highest BCUT2D eigenvalue weighted by Crippen LogP contribution is 2.41. The van der Waals surface area contributed by atoms with Gasteiger partial charge in [0.05, 0.1) is 29.7 Å². The first-order valence-corrected chi connectivity index (χ1v) is 14.8. The van der Waals surface area contributed by atoms with Gasteiger partial charge < -0.3 is 25.0 Å². The van der Waals surface area contributed by atoms with E-state index in [1.165, 1.54) is 43.9 Å². The molecule has 0 aromatic rings. The van der Waals surface area contributed by atoms with Gasteiger partial charge in [-0.1, -0.05) is 32.1 Å². The summed E-state index contributed by atoms with van der Waals surface area (Å²) in [6.45, 7) is 3.42. The van der Waals surface area contributed by atoms with Crippen LogP contribution in [0.4, 0.5) is 0 Å². The molecule has 0 bridgehead atoms. The van der Waals surface area contributed by atoms with E-state index >= 15 is 0 Å². The van der Waals surface area contributed by atoms with Gasteiger partial charge in [-0.3, -0.25) is 9.69 Å². The Hall–Kier alpha value is -0.0900. The van der Waals surface area contributed by atoms with E-state index in [1.54, 1.807) is 0 Å². The van der Waals surface area contributed by atoms with Crippen LogP contribution in [-0.2, 0) is 14.3 Å². The summed E-state index contributed by atoms with van der Waals surface area (Å²) in [5, 5.41) is 23.3. The molecule has 0 radical (unpaired) electrons. The van der Waals surface area contributed by atoms with Gasteiger partial charge in [0.2, 0.25) is 5.91 Å². The molecular weight excluding hydrogens is 476 g/mol. The van der Waals surface area contributed by atoms with Crippen LogP contribution >= 0.6 is 23.4 Å². The molecule has 10 atom stereocenters. The molecule has 0 spiro atoms. The number of ether oxygens (including phenoxy) is 2. The van der Waals surface area contributed by atoms with Gasteiger partial charge in [-0.2, -0.15) is 0 Å². The summed E-state index contributed by atoms with van der Waals surface area (Å²) < 4.78 is 12.4. The van der Waals surface area contributed by atoms with Crippen LogP contribution in [0.25, 0.3) is 0 Å². The maximum atomic E-state index is 13.6.